The number of carbonyl (C=O) groups is 1. The Hall–Kier alpha value is -4.70. The van der Waals surface area contributed by atoms with Crippen LogP contribution in [0.15, 0.2) is 67.0 Å². The quantitative estimate of drug-likeness (QED) is 0.206. The number of likely N-dealkylation sites (N-methyl/N-ethyl adjacent to an activating group) is 1. The van der Waals surface area contributed by atoms with Crippen LogP contribution in [-0.4, -0.2) is 69.2 Å². The van der Waals surface area contributed by atoms with Crippen LogP contribution in [-0.2, 0) is 0 Å². The first kappa shape index (κ1) is 25.9. The number of hydrogen-bond acceptors (Lipinski definition) is 7. The fourth-order valence-electron chi connectivity index (χ4n) is 4.06. The molecule has 10 heteroatoms. The van der Waals surface area contributed by atoms with Crippen LogP contribution in [0.4, 0.5) is 11.5 Å². The maximum atomic E-state index is 12.5. The number of rotatable bonds is 10. The highest BCUT2D eigenvalue weighted by Crippen LogP contribution is 2.28. The van der Waals surface area contributed by atoms with Crippen LogP contribution in [0.25, 0.3) is 33.4 Å². The van der Waals surface area contributed by atoms with E-state index >= 15 is 0 Å². The van der Waals surface area contributed by atoms with Crippen molar-refractivity contribution >= 4 is 28.3 Å². The summed E-state index contributed by atoms with van der Waals surface area (Å²) in [7, 11) is 3.99. The minimum Gasteiger partial charge on any atom is -0.476 e. The van der Waals surface area contributed by atoms with Gasteiger partial charge in [0.25, 0.3) is 5.91 Å². The highest BCUT2D eigenvalue weighted by atomic mass is 16.5. The van der Waals surface area contributed by atoms with Crippen LogP contribution in [0.5, 0.6) is 5.88 Å². The molecule has 3 aromatic heterocycles. The molecule has 0 aliphatic rings. The number of anilines is 2. The average molecular weight is 525 g/mol. The lowest BCUT2D eigenvalue weighted by atomic mass is 10.1. The Balaban J connectivity index is 1.44. The molecule has 2 aromatic carbocycles. The van der Waals surface area contributed by atoms with Crippen molar-refractivity contribution < 1.29 is 9.53 Å². The number of aromatic nitrogens is 5. The molecule has 0 aliphatic heterocycles. The third kappa shape index (κ3) is 6.42. The SMILES string of the molecule is CC(C)NC(=O)c1cc2ccc(-c3nc(Nc4ccc(-c5cn[nH]c5)cc4)cc(OCCN(C)C)n3)cc2[nH]1. The van der Waals surface area contributed by atoms with Crippen molar-refractivity contribution in [3.8, 4) is 28.4 Å². The second kappa shape index (κ2) is 11.4. The Kier molecular flexibility index (Phi) is 7.55. The number of hydrogen-bond donors (Lipinski definition) is 4. The van der Waals surface area contributed by atoms with Crippen molar-refractivity contribution in [1.82, 2.24) is 35.4 Å². The van der Waals surface area contributed by atoms with Gasteiger partial charge in [-0.1, -0.05) is 24.3 Å². The van der Waals surface area contributed by atoms with Crippen molar-refractivity contribution in [2.24, 2.45) is 0 Å². The maximum absolute atomic E-state index is 12.5. The largest absolute Gasteiger partial charge is 0.476 e. The molecule has 0 fully saturated rings. The van der Waals surface area contributed by atoms with Gasteiger partial charge in [-0.15, -0.1) is 0 Å². The molecule has 200 valence electrons. The zero-order chi connectivity index (χ0) is 27.4. The predicted octanol–water partition coefficient (Wildman–Crippen LogP) is 4.84. The number of aromatic amines is 2. The second-order valence-electron chi connectivity index (χ2n) is 9.87. The number of H-pyrrole nitrogens is 2. The van der Waals surface area contributed by atoms with E-state index in [0.29, 0.717) is 29.8 Å². The molecule has 0 aliphatic carbocycles. The molecule has 5 rings (SSSR count). The van der Waals surface area contributed by atoms with Crippen molar-refractivity contribution in [2.45, 2.75) is 19.9 Å². The van der Waals surface area contributed by atoms with Crippen LogP contribution in [0.2, 0.25) is 0 Å². The van der Waals surface area contributed by atoms with Crippen molar-refractivity contribution in [1.29, 1.82) is 0 Å². The summed E-state index contributed by atoms with van der Waals surface area (Å²) in [6, 6.07) is 17.6. The molecule has 10 nitrogen and oxygen atoms in total. The Morgan fingerprint density at radius 3 is 2.51 bits per heavy atom. The Morgan fingerprint density at radius 2 is 1.79 bits per heavy atom. The van der Waals surface area contributed by atoms with Gasteiger partial charge in [0.1, 0.15) is 18.1 Å². The number of benzene rings is 2. The van der Waals surface area contributed by atoms with Gasteiger partial charge in [0.2, 0.25) is 5.88 Å². The lowest BCUT2D eigenvalue weighted by Gasteiger charge is -2.13. The first-order valence-corrected chi connectivity index (χ1v) is 12.8. The van der Waals surface area contributed by atoms with E-state index in [1.165, 1.54) is 0 Å². The van der Waals surface area contributed by atoms with Crippen LogP contribution in [0.3, 0.4) is 0 Å². The van der Waals surface area contributed by atoms with E-state index in [9.17, 15) is 4.79 Å². The Labute approximate surface area is 226 Å². The molecule has 1 amide bonds. The van der Waals surface area contributed by atoms with Gasteiger partial charge in [-0.25, -0.2) is 4.98 Å². The molecule has 39 heavy (non-hydrogen) atoms. The van der Waals surface area contributed by atoms with Crippen LogP contribution >= 0.6 is 0 Å². The zero-order valence-electron chi connectivity index (χ0n) is 22.4. The number of nitrogens with zero attached hydrogens (tertiary/aromatic N) is 4. The molecule has 0 saturated heterocycles. The Morgan fingerprint density at radius 1 is 1.00 bits per heavy atom. The summed E-state index contributed by atoms with van der Waals surface area (Å²) >= 11 is 0. The summed E-state index contributed by atoms with van der Waals surface area (Å²) in [6.45, 7) is 5.12. The standard InChI is InChI=1S/C29H32N8O2/c1-18(2)32-29(38)25-13-20-5-6-21(14-24(20)34-25)28-35-26(15-27(36-28)39-12-11-37(3)4)33-23-9-7-19(8-10-23)22-16-30-31-17-22/h5-10,13-18,34H,11-12H2,1-4H3,(H,30,31)(H,32,38)(H,33,35,36). The molecule has 0 unspecified atom stereocenters. The summed E-state index contributed by atoms with van der Waals surface area (Å²) in [5.41, 5.74) is 5.11. The third-order valence-corrected chi connectivity index (χ3v) is 6.03. The van der Waals surface area contributed by atoms with E-state index in [-0.39, 0.29) is 11.9 Å². The minimum atomic E-state index is -0.138. The first-order chi connectivity index (χ1) is 18.8. The number of nitrogens with one attached hydrogen (secondary N) is 4. The number of amides is 1. The lowest BCUT2D eigenvalue weighted by Crippen LogP contribution is -2.30. The van der Waals surface area contributed by atoms with Crippen molar-refractivity contribution in [3.05, 3.63) is 72.7 Å². The van der Waals surface area contributed by atoms with Gasteiger partial charge >= 0.3 is 0 Å². The molecule has 0 saturated carbocycles. The first-order valence-electron chi connectivity index (χ1n) is 12.8. The van der Waals surface area contributed by atoms with E-state index in [0.717, 1.165) is 39.8 Å². The Bertz CT molecular complexity index is 1560. The van der Waals surface area contributed by atoms with Gasteiger partial charge < -0.3 is 25.3 Å². The predicted molar refractivity (Wildman–Crippen MR) is 153 cm³/mol. The van der Waals surface area contributed by atoms with Crippen molar-refractivity contribution in [3.63, 3.8) is 0 Å². The molecule has 3 heterocycles. The molecule has 0 spiro atoms. The number of carbonyl (C=O) groups excluding carboxylic acids is 1. The zero-order valence-corrected chi connectivity index (χ0v) is 22.4. The van der Waals surface area contributed by atoms with Gasteiger partial charge in [0, 0.05) is 52.6 Å². The topological polar surface area (TPSA) is 124 Å². The van der Waals surface area contributed by atoms with E-state index in [2.05, 4.69) is 35.7 Å². The fraction of sp³-hybridized carbons (Fsp3) is 0.241. The van der Waals surface area contributed by atoms with E-state index in [4.69, 9.17) is 9.72 Å². The molecular formula is C29H32N8O2. The van der Waals surface area contributed by atoms with Crippen molar-refractivity contribution in [2.75, 3.05) is 32.6 Å². The molecule has 0 bridgehead atoms. The van der Waals surface area contributed by atoms with Gasteiger partial charge in [0.05, 0.1) is 6.20 Å². The van der Waals surface area contributed by atoms with Crippen LogP contribution in [0.1, 0.15) is 24.3 Å². The minimum absolute atomic E-state index is 0.0517. The fourth-order valence-corrected chi connectivity index (χ4v) is 4.06. The van der Waals surface area contributed by atoms with E-state index < -0.39 is 0 Å². The normalized spacial score (nSPS) is 11.3. The molecule has 4 N–H and O–H groups in total. The molecule has 5 aromatic rings. The van der Waals surface area contributed by atoms with Gasteiger partial charge in [0.15, 0.2) is 5.82 Å². The number of fused-ring (bicyclic) bond motifs is 1. The van der Waals surface area contributed by atoms with E-state index in [1.807, 2.05) is 82.7 Å². The lowest BCUT2D eigenvalue weighted by molar-refractivity contribution is 0.0939. The monoisotopic (exact) mass is 524 g/mol. The maximum Gasteiger partial charge on any atom is 0.267 e. The van der Waals surface area contributed by atoms with E-state index in [1.54, 1.807) is 12.3 Å². The average Bonchev–Trinajstić information content (AvgIpc) is 3.59. The van der Waals surface area contributed by atoms with Crippen LogP contribution in [0, 0.1) is 0 Å². The second-order valence-corrected chi connectivity index (χ2v) is 9.87. The molecular weight excluding hydrogens is 492 g/mol. The summed E-state index contributed by atoms with van der Waals surface area (Å²) in [5.74, 6) is 1.46. The summed E-state index contributed by atoms with van der Waals surface area (Å²) in [6.07, 6.45) is 3.65. The van der Waals surface area contributed by atoms with Gasteiger partial charge in [-0.3, -0.25) is 9.89 Å². The smallest absolute Gasteiger partial charge is 0.267 e. The third-order valence-electron chi connectivity index (χ3n) is 6.03. The van der Waals surface area contributed by atoms with Gasteiger partial charge in [-0.2, -0.15) is 10.1 Å². The summed E-state index contributed by atoms with van der Waals surface area (Å²) in [5, 5.41) is 14.1. The highest BCUT2D eigenvalue weighted by molar-refractivity contribution is 5.98. The molecule has 0 atom stereocenters. The van der Waals surface area contributed by atoms with Crippen LogP contribution < -0.4 is 15.4 Å². The highest BCUT2D eigenvalue weighted by Gasteiger charge is 2.14. The summed E-state index contributed by atoms with van der Waals surface area (Å²) in [4.78, 5) is 27.2. The molecule has 0 radical (unpaired) electrons. The van der Waals surface area contributed by atoms with Gasteiger partial charge in [-0.05, 0) is 57.8 Å². The number of ether oxygens (including phenoxy) is 1. The summed E-state index contributed by atoms with van der Waals surface area (Å²) < 4.78 is 5.98.